The van der Waals surface area contributed by atoms with Crippen molar-refractivity contribution in [3.05, 3.63) is 23.3 Å². The highest BCUT2D eigenvalue weighted by atomic mass is 32.2. The van der Waals surface area contributed by atoms with Crippen molar-refractivity contribution in [2.24, 2.45) is 0 Å². The summed E-state index contributed by atoms with van der Waals surface area (Å²) in [4.78, 5) is 11.4. The summed E-state index contributed by atoms with van der Waals surface area (Å²) in [6.45, 7) is 4.01. The van der Waals surface area contributed by atoms with Crippen molar-refractivity contribution in [2.75, 3.05) is 12.9 Å². The van der Waals surface area contributed by atoms with Crippen molar-refractivity contribution in [3.8, 4) is 5.75 Å². The SMILES string of the molecule is COc1c(C)cc(C)cc1SCCC(=O)O. The first-order valence-electron chi connectivity index (χ1n) is 5.04. The number of aliphatic carboxylic acids is 1. The number of hydrogen-bond acceptors (Lipinski definition) is 3. The summed E-state index contributed by atoms with van der Waals surface area (Å²) in [6.07, 6.45) is 0.167. The molecule has 0 saturated heterocycles. The van der Waals surface area contributed by atoms with Gasteiger partial charge in [0, 0.05) is 10.6 Å². The maximum Gasteiger partial charge on any atom is 0.304 e. The second-order valence-corrected chi connectivity index (χ2v) is 4.74. The van der Waals surface area contributed by atoms with Crippen LogP contribution in [0.25, 0.3) is 0 Å². The molecule has 0 atom stereocenters. The molecule has 0 heterocycles. The molecule has 3 nitrogen and oxygen atoms in total. The van der Waals surface area contributed by atoms with E-state index in [1.54, 1.807) is 7.11 Å². The largest absolute Gasteiger partial charge is 0.495 e. The molecule has 0 saturated carbocycles. The maximum atomic E-state index is 10.4. The Morgan fingerprint density at radius 2 is 2.12 bits per heavy atom. The maximum absolute atomic E-state index is 10.4. The summed E-state index contributed by atoms with van der Waals surface area (Å²) < 4.78 is 5.32. The van der Waals surface area contributed by atoms with E-state index in [0.717, 1.165) is 21.8 Å². The fourth-order valence-corrected chi connectivity index (χ4v) is 2.67. The number of aryl methyl sites for hydroxylation is 2. The molecule has 1 aromatic carbocycles. The number of ether oxygens (including phenoxy) is 1. The lowest BCUT2D eigenvalue weighted by molar-refractivity contribution is -0.136. The number of carboxylic acids is 1. The Bertz CT molecular complexity index is 388. The van der Waals surface area contributed by atoms with Gasteiger partial charge < -0.3 is 9.84 Å². The molecule has 1 rings (SSSR count). The lowest BCUT2D eigenvalue weighted by Crippen LogP contribution is -1.97. The third-order valence-electron chi connectivity index (χ3n) is 2.16. The van der Waals surface area contributed by atoms with Gasteiger partial charge in [-0.25, -0.2) is 0 Å². The van der Waals surface area contributed by atoms with Crippen molar-refractivity contribution in [2.45, 2.75) is 25.2 Å². The first-order valence-corrected chi connectivity index (χ1v) is 6.03. The fourth-order valence-electron chi connectivity index (χ4n) is 1.53. The van der Waals surface area contributed by atoms with E-state index in [1.807, 2.05) is 19.9 Å². The van der Waals surface area contributed by atoms with Gasteiger partial charge in [0.2, 0.25) is 0 Å². The zero-order valence-electron chi connectivity index (χ0n) is 9.74. The van der Waals surface area contributed by atoms with Gasteiger partial charge in [0.1, 0.15) is 5.75 Å². The van der Waals surface area contributed by atoms with Gasteiger partial charge in [-0.1, -0.05) is 6.07 Å². The summed E-state index contributed by atoms with van der Waals surface area (Å²) in [5.74, 6) is 0.644. The number of carboxylic acid groups (broad SMARTS) is 1. The second-order valence-electron chi connectivity index (χ2n) is 3.61. The van der Waals surface area contributed by atoms with Gasteiger partial charge in [0.15, 0.2) is 0 Å². The molecule has 0 fully saturated rings. The summed E-state index contributed by atoms with van der Waals surface area (Å²) in [5.41, 5.74) is 2.25. The van der Waals surface area contributed by atoms with Gasteiger partial charge >= 0.3 is 5.97 Å². The molecule has 0 aliphatic rings. The number of rotatable bonds is 5. The number of hydrogen-bond donors (Lipinski definition) is 1. The van der Waals surface area contributed by atoms with E-state index in [2.05, 4.69) is 6.07 Å². The summed E-state index contributed by atoms with van der Waals surface area (Å²) in [7, 11) is 1.64. The van der Waals surface area contributed by atoms with E-state index in [9.17, 15) is 4.79 Å². The van der Waals surface area contributed by atoms with Crippen LogP contribution in [-0.4, -0.2) is 23.9 Å². The van der Waals surface area contributed by atoms with Crippen LogP contribution in [0.3, 0.4) is 0 Å². The second kappa shape index (κ2) is 5.80. The van der Waals surface area contributed by atoms with Crippen LogP contribution in [-0.2, 0) is 4.79 Å². The van der Waals surface area contributed by atoms with Gasteiger partial charge in [0.05, 0.1) is 13.5 Å². The molecule has 0 aliphatic heterocycles. The zero-order chi connectivity index (χ0) is 12.1. The molecular formula is C12H16O3S. The smallest absolute Gasteiger partial charge is 0.304 e. The molecule has 16 heavy (non-hydrogen) atoms. The van der Waals surface area contributed by atoms with Crippen LogP contribution >= 0.6 is 11.8 Å². The van der Waals surface area contributed by atoms with Crippen molar-refractivity contribution < 1.29 is 14.6 Å². The Morgan fingerprint density at radius 1 is 1.44 bits per heavy atom. The molecule has 0 unspecified atom stereocenters. The van der Waals surface area contributed by atoms with E-state index in [-0.39, 0.29) is 6.42 Å². The summed E-state index contributed by atoms with van der Waals surface area (Å²) >= 11 is 1.52. The molecule has 0 aromatic heterocycles. The molecule has 0 radical (unpaired) electrons. The van der Waals surface area contributed by atoms with E-state index < -0.39 is 5.97 Å². The number of carbonyl (C=O) groups is 1. The van der Waals surface area contributed by atoms with Crippen LogP contribution in [0.1, 0.15) is 17.5 Å². The fraction of sp³-hybridized carbons (Fsp3) is 0.417. The summed E-state index contributed by atoms with van der Waals surface area (Å²) in [5, 5.41) is 8.58. The molecule has 88 valence electrons. The van der Waals surface area contributed by atoms with E-state index in [0.29, 0.717) is 5.75 Å². The van der Waals surface area contributed by atoms with Crippen molar-refractivity contribution in [1.29, 1.82) is 0 Å². The molecule has 1 aromatic rings. The molecule has 1 N–H and O–H groups in total. The average molecular weight is 240 g/mol. The molecule has 0 spiro atoms. The average Bonchev–Trinajstić information content (AvgIpc) is 2.16. The van der Waals surface area contributed by atoms with Crippen LogP contribution in [0, 0.1) is 13.8 Å². The molecule has 0 bridgehead atoms. The number of methoxy groups -OCH3 is 1. The van der Waals surface area contributed by atoms with Crippen molar-refractivity contribution in [1.82, 2.24) is 0 Å². The third kappa shape index (κ3) is 3.45. The molecule has 0 aliphatic carbocycles. The first kappa shape index (κ1) is 12.9. The normalized spacial score (nSPS) is 10.2. The van der Waals surface area contributed by atoms with E-state index in [1.165, 1.54) is 11.8 Å². The van der Waals surface area contributed by atoms with Gasteiger partial charge in [-0.3, -0.25) is 4.79 Å². The van der Waals surface area contributed by atoms with Gasteiger partial charge in [-0.2, -0.15) is 0 Å². The van der Waals surface area contributed by atoms with Crippen LogP contribution in [0.2, 0.25) is 0 Å². The standard InChI is InChI=1S/C12H16O3S/c1-8-6-9(2)12(15-3)10(7-8)16-5-4-11(13)14/h6-7H,4-5H2,1-3H3,(H,13,14). The van der Waals surface area contributed by atoms with E-state index in [4.69, 9.17) is 9.84 Å². The lowest BCUT2D eigenvalue weighted by atomic mass is 10.1. The molecule has 0 amide bonds. The van der Waals surface area contributed by atoms with Crippen LogP contribution in [0.15, 0.2) is 17.0 Å². The number of benzene rings is 1. The minimum absolute atomic E-state index is 0.167. The molecular weight excluding hydrogens is 224 g/mol. The monoisotopic (exact) mass is 240 g/mol. The predicted octanol–water partition coefficient (Wildman–Crippen LogP) is 2.88. The highest BCUT2D eigenvalue weighted by Gasteiger charge is 2.08. The minimum atomic E-state index is -0.768. The third-order valence-corrected chi connectivity index (χ3v) is 3.19. The minimum Gasteiger partial charge on any atom is -0.495 e. The van der Waals surface area contributed by atoms with Crippen LogP contribution < -0.4 is 4.74 Å². The first-order chi connectivity index (χ1) is 7.54. The van der Waals surface area contributed by atoms with Crippen molar-refractivity contribution in [3.63, 3.8) is 0 Å². The van der Waals surface area contributed by atoms with Crippen LogP contribution in [0.4, 0.5) is 0 Å². The quantitative estimate of drug-likeness (QED) is 0.804. The van der Waals surface area contributed by atoms with Crippen molar-refractivity contribution >= 4 is 17.7 Å². The van der Waals surface area contributed by atoms with Gasteiger partial charge in [-0.05, 0) is 31.0 Å². The topological polar surface area (TPSA) is 46.5 Å². The highest BCUT2D eigenvalue weighted by molar-refractivity contribution is 7.99. The Hall–Kier alpha value is -1.16. The Morgan fingerprint density at radius 3 is 2.69 bits per heavy atom. The van der Waals surface area contributed by atoms with E-state index >= 15 is 0 Å². The molecule has 4 heteroatoms. The van der Waals surface area contributed by atoms with Gasteiger partial charge in [-0.15, -0.1) is 11.8 Å². The lowest BCUT2D eigenvalue weighted by Gasteiger charge is -2.11. The summed E-state index contributed by atoms with van der Waals surface area (Å²) in [6, 6.07) is 4.08. The van der Waals surface area contributed by atoms with Crippen LogP contribution in [0.5, 0.6) is 5.75 Å². The Balaban J connectivity index is 2.81. The number of thioether (sulfide) groups is 1. The predicted molar refractivity (Wildman–Crippen MR) is 65.4 cm³/mol. The Kier molecular flexibility index (Phi) is 4.68. The zero-order valence-corrected chi connectivity index (χ0v) is 10.6. The van der Waals surface area contributed by atoms with Gasteiger partial charge in [0.25, 0.3) is 0 Å². The Labute approximate surface area is 99.8 Å². The highest BCUT2D eigenvalue weighted by Crippen LogP contribution is 2.33.